The molecule has 3 aromatic carbocycles. The molecule has 0 unspecified atom stereocenters. The van der Waals surface area contributed by atoms with Crippen LogP contribution in [0.15, 0.2) is 72.8 Å². The molecule has 1 N–H and O–H groups in total. The van der Waals surface area contributed by atoms with E-state index in [9.17, 15) is 4.79 Å². The van der Waals surface area contributed by atoms with E-state index < -0.39 is 6.09 Å². The lowest BCUT2D eigenvalue weighted by molar-refractivity contribution is 0.195. The number of rotatable bonds is 8. The Morgan fingerprint density at radius 1 is 0.909 bits per heavy atom. The van der Waals surface area contributed by atoms with Gasteiger partial charge in [0.15, 0.2) is 11.5 Å². The van der Waals surface area contributed by atoms with Crippen LogP contribution >= 0.6 is 0 Å². The van der Waals surface area contributed by atoms with Gasteiger partial charge in [-0.25, -0.2) is 4.79 Å². The van der Waals surface area contributed by atoms with Crippen LogP contribution in [-0.4, -0.2) is 44.3 Å². The van der Waals surface area contributed by atoms with Gasteiger partial charge in [-0.2, -0.15) is 0 Å². The number of methoxy groups -OCH3 is 2. The lowest BCUT2D eigenvalue weighted by atomic mass is 10.2. The van der Waals surface area contributed by atoms with Gasteiger partial charge in [0.25, 0.3) is 0 Å². The van der Waals surface area contributed by atoms with Crippen LogP contribution in [0.2, 0.25) is 0 Å². The zero-order valence-electron chi connectivity index (χ0n) is 18.8. The fraction of sp³-hybridized carbons (Fsp3) is 0.269. The van der Waals surface area contributed by atoms with E-state index in [0.717, 1.165) is 37.4 Å². The summed E-state index contributed by atoms with van der Waals surface area (Å²) in [6.07, 6.45) is 0.425. The fourth-order valence-electron chi connectivity index (χ4n) is 3.84. The van der Waals surface area contributed by atoms with E-state index in [1.165, 1.54) is 0 Å². The molecule has 7 nitrogen and oxygen atoms in total. The molecule has 3 aromatic rings. The van der Waals surface area contributed by atoms with Gasteiger partial charge in [0, 0.05) is 25.7 Å². The number of benzene rings is 3. The first-order valence-corrected chi connectivity index (χ1v) is 10.9. The Labute approximate surface area is 193 Å². The van der Waals surface area contributed by atoms with Crippen LogP contribution in [0, 0.1) is 0 Å². The number of nitrogens with zero attached hydrogens (tertiary/aromatic N) is 1. The molecular weight excluding hydrogens is 420 g/mol. The predicted molar refractivity (Wildman–Crippen MR) is 125 cm³/mol. The van der Waals surface area contributed by atoms with Crippen molar-refractivity contribution in [3.63, 3.8) is 0 Å². The third-order valence-electron chi connectivity index (χ3n) is 5.47. The first-order valence-electron chi connectivity index (χ1n) is 10.9. The van der Waals surface area contributed by atoms with Crippen LogP contribution in [0.25, 0.3) is 0 Å². The molecule has 0 aliphatic carbocycles. The lowest BCUT2D eigenvalue weighted by Gasteiger charge is -2.17. The number of hydrogen-bond donors (Lipinski definition) is 1. The second-order valence-corrected chi connectivity index (χ2v) is 7.83. The minimum atomic E-state index is -0.445. The predicted octanol–water partition coefficient (Wildman–Crippen LogP) is 4.86. The Hall–Kier alpha value is -3.71. The van der Waals surface area contributed by atoms with Crippen LogP contribution in [0.4, 0.5) is 4.79 Å². The summed E-state index contributed by atoms with van der Waals surface area (Å²) < 4.78 is 21.9. The largest absolute Gasteiger partial charge is 0.497 e. The molecule has 1 aliphatic heterocycles. The number of likely N-dealkylation sites (tertiary alicyclic amines) is 1. The molecule has 0 saturated carbocycles. The molecule has 172 valence electrons. The van der Waals surface area contributed by atoms with Crippen molar-refractivity contribution in [2.75, 3.05) is 27.3 Å². The summed E-state index contributed by atoms with van der Waals surface area (Å²) in [5.74, 6) is 3.33. The quantitative estimate of drug-likeness (QED) is 0.531. The van der Waals surface area contributed by atoms with Crippen LogP contribution in [0.3, 0.4) is 0 Å². The van der Waals surface area contributed by atoms with Crippen molar-refractivity contribution in [3.8, 4) is 28.7 Å². The molecular formula is C26H28N2O5. The molecule has 0 aromatic heterocycles. The van der Waals surface area contributed by atoms with Crippen molar-refractivity contribution >= 4 is 6.09 Å². The first-order chi connectivity index (χ1) is 16.1. The lowest BCUT2D eigenvalue weighted by Crippen LogP contribution is -2.38. The van der Waals surface area contributed by atoms with Gasteiger partial charge >= 0.3 is 6.09 Å². The summed E-state index contributed by atoms with van der Waals surface area (Å²) in [6.45, 7) is 2.43. The fourth-order valence-corrected chi connectivity index (χ4v) is 3.84. The highest BCUT2D eigenvalue weighted by atomic mass is 16.6. The van der Waals surface area contributed by atoms with Gasteiger partial charge in [-0.15, -0.1) is 0 Å². The Kier molecular flexibility index (Phi) is 7.32. The number of nitrogens with one attached hydrogen (secondary N) is 1. The van der Waals surface area contributed by atoms with Gasteiger partial charge in [0.05, 0.1) is 14.2 Å². The average Bonchev–Trinajstić information content (AvgIpc) is 3.26. The van der Waals surface area contributed by atoms with Crippen molar-refractivity contribution in [1.82, 2.24) is 10.2 Å². The van der Waals surface area contributed by atoms with E-state index in [0.29, 0.717) is 23.0 Å². The van der Waals surface area contributed by atoms with Crippen LogP contribution < -0.4 is 24.3 Å². The molecule has 1 fully saturated rings. The van der Waals surface area contributed by atoms with Crippen LogP contribution in [-0.2, 0) is 6.54 Å². The van der Waals surface area contributed by atoms with Gasteiger partial charge < -0.3 is 24.3 Å². The second kappa shape index (κ2) is 10.7. The Morgan fingerprint density at radius 2 is 1.67 bits per heavy atom. The van der Waals surface area contributed by atoms with Gasteiger partial charge in [0.2, 0.25) is 0 Å². The van der Waals surface area contributed by atoms with E-state index >= 15 is 0 Å². The van der Waals surface area contributed by atoms with Crippen molar-refractivity contribution < 1.29 is 23.7 Å². The summed E-state index contributed by atoms with van der Waals surface area (Å²) in [5.41, 5.74) is 1.14. The number of ether oxygens (including phenoxy) is 4. The maximum absolute atomic E-state index is 12.2. The number of amides is 1. The van der Waals surface area contributed by atoms with E-state index in [1.807, 2.05) is 42.5 Å². The third kappa shape index (κ3) is 6.17. The molecule has 0 spiro atoms. The maximum atomic E-state index is 12.2. The summed E-state index contributed by atoms with van der Waals surface area (Å²) >= 11 is 0. The highest BCUT2D eigenvalue weighted by Crippen LogP contribution is 2.31. The smallest absolute Gasteiger partial charge is 0.412 e. The average molecular weight is 449 g/mol. The van der Waals surface area contributed by atoms with E-state index in [2.05, 4.69) is 16.3 Å². The van der Waals surface area contributed by atoms with Gasteiger partial charge in [-0.3, -0.25) is 4.90 Å². The summed E-state index contributed by atoms with van der Waals surface area (Å²) in [7, 11) is 3.22. The minimum Gasteiger partial charge on any atom is -0.497 e. The molecule has 1 aliphatic rings. The standard InChI is InChI=1S/C26H28N2O5/c1-30-21-10-12-22(13-11-21)33-26(29)27-20-14-15-28(18-20)17-19-6-5-7-23(16-19)32-25-9-4-3-8-24(25)31-2/h3-13,16,20H,14-15,17-18H2,1-2H3,(H,27,29)/t20-/m1/s1. The number of carbonyl (C=O) groups is 1. The number of hydrogen-bond acceptors (Lipinski definition) is 6. The first kappa shape index (κ1) is 22.5. The number of para-hydroxylation sites is 2. The Bertz CT molecular complexity index is 1070. The zero-order valence-corrected chi connectivity index (χ0v) is 18.8. The minimum absolute atomic E-state index is 0.0451. The number of carbonyl (C=O) groups excluding carboxylic acids is 1. The highest BCUT2D eigenvalue weighted by Gasteiger charge is 2.24. The normalized spacial score (nSPS) is 15.6. The molecule has 1 saturated heterocycles. The SMILES string of the molecule is COc1ccc(OC(=O)N[C@@H]2CCN(Cc3cccc(Oc4ccccc4OC)c3)C2)cc1. The molecule has 1 amide bonds. The van der Waals surface area contributed by atoms with Gasteiger partial charge in [-0.1, -0.05) is 24.3 Å². The van der Waals surface area contributed by atoms with Crippen molar-refractivity contribution in [2.45, 2.75) is 19.0 Å². The van der Waals surface area contributed by atoms with E-state index in [1.54, 1.807) is 38.5 Å². The summed E-state index contributed by atoms with van der Waals surface area (Å²) in [5, 5.41) is 2.96. The van der Waals surface area contributed by atoms with Crippen LogP contribution in [0.1, 0.15) is 12.0 Å². The zero-order chi connectivity index (χ0) is 23.0. The maximum Gasteiger partial charge on any atom is 0.412 e. The monoisotopic (exact) mass is 448 g/mol. The molecule has 0 bridgehead atoms. The van der Waals surface area contributed by atoms with Crippen molar-refractivity contribution in [2.24, 2.45) is 0 Å². The molecule has 1 heterocycles. The molecule has 7 heteroatoms. The van der Waals surface area contributed by atoms with Crippen LogP contribution in [0.5, 0.6) is 28.7 Å². The Morgan fingerprint density at radius 3 is 2.42 bits per heavy atom. The highest BCUT2D eigenvalue weighted by molar-refractivity contribution is 5.70. The van der Waals surface area contributed by atoms with E-state index in [-0.39, 0.29) is 6.04 Å². The van der Waals surface area contributed by atoms with Crippen molar-refractivity contribution in [1.29, 1.82) is 0 Å². The third-order valence-corrected chi connectivity index (χ3v) is 5.47. The molecule has 0 radical (unpaired) electrons. The van der Waals surface area contributed by atoms with Gasteiger partial charge in [-0.05, 0) is 60.5 Å². The topological polar surface area (TPSA) is 69.3 Å². The summed E-state index contributed by atoms with van der Waals surface area (Å²) in [4.78, 5) is 14.6. The molecule has 4 rings (SSSR count). The van der Waals surface area contributed by atoms with Crippen molar-refractivity contribution in [3.05, 3.63) is 78.4 Å². The molecule has 1 atom stereocenters. The Balaban J connectivity index is 1.28. The second-order valence-electron chi connectivity index (χ2n) is 7.83. The van der Waals surface area contributed by atoms with Gasteiger partial charge in [0.1, 0.15) is 17.2 Å². The van der Waals surface area contributed by atoms with E-state index in [4.69, 9.17) is 18.9 Å². The molecule has 33 heavy (non-hydrogen) atoms. The summed E-state index contributed by atoms with van der Waals surface area (Å²) in [6, 6.07) is 22.6.